The van der Waals surface area contributed by atoms with E-state index >= 15 is 0 Å². The van der Waals surface area contributed by atoms with Crippen molar-refractivity contribution in [1.82, 2.24) is 0 Å². The molecule has 2 aromatic carbocycles. The molecule has 6 heteroatoms. The zero-order chi connectivity index (χ0) is 17.8. The van der Waals surface area contributed by atoms with Crippen LogP contribution < -0.4 is 10.1 Å². The van der Waals surface area contributed by atoms with Gasteiger partial charge in [-0.3, -0.25) is 9.59 Å². The number of nitrogens with one attached hydrogen (secondary N) is 1. The highest BCUT2D eigenvalue weighted by atomic mass is 16.6. The van der Waals surface area contributed by atoms with Crippen LogP contribution in [0.5, 0.6) is 5.75 Å². The summed E-state index contributed by atoms with van der Waals surface area (Å²) in [5, 5.41) is 2.74. The Morgan fingerprint density at radius 1 is 1.08 bits per heavy atom. The van der Waals surface area contributed by atoms with E-state index in [0.717, 1.165) is 5.56 Å². The molecule has 0 spiro atoms. The third kappa shape index (κ3) is 3.85. The molecular formula is C19H17NO5. The van der Waals surface area contributed by atoms with Crippen LogP contribution in [0.2, 0.25) is 0 Å². The molecule has 1 N–H and O–H groups in total. The number of esters is 1. The van der Waals surface area contributed by atoms with E-state index < -0.39 is 5.97 Å². The Bertz CT molecular complexity index is 816. The largest absolute Gasteiger partial charge is 0.482 e. The topological polar surface area (TPSA) is 81.7 Å². The molecular weight excluding hydrogens is 322 g/mol. The van der Waals surface area contributed by atoms with E-state index in [1.807, 2.05) is 6.07 Å². The summed E-state index contributed by atoms with van der Waals surface area (Å²) < 4.78 is 10.2. The van der Waals surface area contributed by atoms with E-state index in [1.165, 1.54) is 0 Å². The summed E-state index contributed by atoms with van der Waals surface area (Å²) in [6.45, 7) is 1.14. The second kappa shape index (κ2) is 7.17. The van der Waals surface area contributed by atoms with Crippen molar-refractivity contribution in [2.24, 2.45) is 0 Å². The van der Waals surface area contributed by atoms with E-state index in [2.05, 4.69) is 5.32 Å². The van der Waals surface area contributed by atoms with Gasteiger partial charge in [0.2, 0.25) is 5.91 Å². The van der Waals surface area contributed by atoms with Gasteiger partial charge in [0.25, 0.3) is 0 Å². The molecule has 0 saturated carbocycles. The van der Waals surface area contributed by atoms with Crippen LogP contribution in [0.4, 0.5) is 5.69 Å². The lowest BCUT2D eigenvalue weighted by atomic mass is 9.99. The fraction of sp³-hybridized carbons (Fsp3) is 0.211. The first-order chi connectivity index (χ1) is 12.0. The van der Waals surface area contributed by atoms with Crippen LogP contribution >= 0.6 is 0 Å². The molecule has 0 fully saturated rings. The van der Waals surface area contributed by atoms with Gasteiger partial charge in [-0.25, -0.2) is 4.79 Å². The summed E-state index contributed by atoms with van der Waals surface area (Å²) in [6.07, 6.45) is 0. The number of carbonyl (C=O) groups excluding carboxylic acids is 3. The zero-order valence-corrected chi connectivity index (χ0v) is 13.7. The lowest BCUT2D eigenvalue weighted by molar-refractivity contribution is -0.144. The minimum atomic E-state index is -0.622. The normalized spacial score (nSPS) is 15.2. The van der Waals surface area contributed by atoms with Crippen LogP contribution in [-0.4, -0.2) is 30.9 Å². The van der Waals surface area contributed by atoms with Gasteiger partial charge < -0.3 is 14.8 Å². The summed E-state index contributed by atoms with van der Waals surface area (Å²) in [7, 11) is 0. The maximum atomic E-state index is 12.2. The van der Waals surface area contributed by atoms with Crippen LogP contribution in [0.25, 0.3) is 0 Å². The molecule has 1 atom stereocenters. The Morgan fingerprint density at radius 2 is 1.84 bits per heavy atom. The Kier molecular flexibility index (Phi) is 4.79. The van der Waals surface area contributed by atoms with Gasteiger partial charge in [0.05, 0.1) is 5.92 Å². The molecule has 25 heavy (non-hydrogen) atoms. The number of benzene rings is 2. The number of hydrogen-bond donors (Lipinski definition) is 1. The van der Waals surface area contributed by atoms with Crippen molar-refractivity contribution in [1.29, 1.82) is 0 Å². The lowest BCUT2D eigenvalue weighted by Gasteiger charge is -2.08. The SMILES string of the molecule is C[C@H]1C(=O)Nc2ccc(C(=O)COC(=O)COc3ccccc3)cc21. The van der Waals surface area contributed by atoms with Gasteiger partial charge in [-0.1, -0.05) is 18.2 Å². The number of anilines is 1. The number of ketones is 1. The van der Waals surface area contributed by atoms with Crippen LogP contribution in [0.1, 0.15) is 28.8 Å². The number of para-hydroxylation sites is 1. The van der Waals surface area contributed by atoms with Crippen molar-refractivity contribution in [2.45, 2.75) is 12.8 Å². The standard InChI is InChI=1S/C19H17NO5/c1-12-15-9-13(7-8-16(15)20-19(12)23)17(21)10-25-18(22)11-24-14-5-3-2-4-6-14/h2-9,12H,10-11H2,1H3,(H,20,23)/t12-/m1/s1. The summed E-state index contributed by atoms with van der Waals surface area (Å²) in [5.41, 5.74) is 1.88. The van der Waals surface area contributed by atoms with Gasteiger partial charge in [0, 0.05) is 11.3 Å². The number of ether oxygens (including phenoxy) is 2. The highest BCUT2D eigenvalue weighted by Gasteiger charge is 2.27. The first-order valence-electron chi connectivity index (χ1n) is 7.86. The Balaban J connectivity index is 1.53. The minimum Gasteiger partial charge on any atom is -0.482 e. The Labute approximate surface area is 144 Å². The predicted molar refractivity (Wildman–Crippen MR) is 90.7 cm³/mol. The fourth-order valence-corrected chi connectivity index (χ4v) is 2.52. The Hall–Kier alpha value is -3.15. The number of carbonyl (C=O) groups is 3. The highest BCUT2D eigenvalue weighted by molar-refractivity contribution is 6.05. The number of Topliss-reactive ketones (excluding diaryl/α,β-unsaturated/α-hetero) is 1. The fourth-order valence-electron chi connectivity index (χ4n) is 2.52. The molecule has 0 radical (unpaired) electrons. The molecule has 1 aliphatic heterocycles. The second-order valence-electron chi connectivity index (χ2n) is 5.70. The molecule has 0 aliphatic carbocycles. The van der Waals surface area contributed by atoms with Gasteiger partial charge in [-0.15, -0.1) is 0 Å². The molecule has 2 aromatic rings. The van der Waals surface area contributed by atoms with Crippen molar-refractivity contribution in [3.05, 3.63) is 59.7 Å². The minimum absolute atomic E-state index is 0.0934. The smallest absolute Gasteiger partial charge is 0.344 e. The zero-order valence-electron chi connectivity index (χ0n) is 13.7. The molecule has 0 bridgehead atoms. The molecule has 0 aromatic heterocycles. The number of fused-ring (bicyclic) bond motifs is 1. The van der Waals surface area contributed by atoms with E-state index in [4.69, 9.17) is 9.47 Å². The van der Waals surface area contributed by atoms with Gasteiger partial charge in [-0.05, 0) is 42.8 Å². The van der Waals surface area contributed by atoms with Crippen molar-refractivity contribution in [3.8, 4) is 5.75 Å². The summed E-state index contributed by atoms with van der Waals surface area (Å²) in [5.74, 6) is -0.796. The van der Waals surface area contributed by atoms with Crippen LogP contribution in [0, 0.1) is 0 Å². The van der Waals surface area contributed by atoms with Crippen molar-refractivity contribution < 1.29 is 23.9 Å². The van der Waals surface area contributed by atoms with Crippen LogP contribution in [0.3, 0.4) is 0 Å². The number of amides is 1. The summed E-state index contributed by atoms with van der Waals surface area (Å²) >= 11 is 0. The first-order valence-corrected chi connectivity index (χ1v) is 7.86. The quantitative estimate of drug-likeness (QED) is 0.646. The monoisotopic (exact) mass is 339 g/mol. The van der Waals surface area contributed by atoms with Crippen molar-refractivity contribution in [2.75, 3.05) is 18.5 Å². The van der Waals surface area contributed by atoms with Gasteiger partial charge in [0.15, 0.2) is 19.0 Å². The van der Waals surface area contributed by atoms with Gasteiger partial charge in [0.1, 0.15) is 5.75 Å². The average Bonchev–Trinajstić information content (AvgIpc) is 2.92. The van der Waals surface area contributed by atoms with Crippen LogP contribution in [-0.2, 0) is 14.3 Å². The lowest BCUT2D eigenvalue weighted by Crippen LogP contribution is -2.19. The molecule has 0 saturated heterocycles. The van der Waals surface area contributed by atoms with E-state index in [-0.39, 0.29) is 30.8 Å². The van der Waals surface area contributed by atoms with Gasteiger partial charge >= 0.3 is 5.97 Å². The first kappa shape index (κ1) is 16.7. The molecule has 6 nitrogen and oxygen atoms in total. The maximum Gasteiger partial charge on any atom is 0.344 e. The third-order valence-electron chi connectivity index (χ3n) is 3.96. The number of hydrogen-bond acceptors (Lipinski definition) is 5. The van der Waals surface area contributed by atoms with E-state index in [1.54, 1.807) is 49.4 Å². The average molecular weight is 339 g/mol. The van der Waals surface area contributed by atoms with Gasteiger partial charge in [-0.2, -0.15) is 0 Å². The van der Waals surface area contributed by atoms with Crippen molar-refractivity contribution >= 4 is 23.3 Å². The molecule has 1 aliphatic rings. The number of rotatable bonds is 6. The summed E-state index contributed by atoms with van der Waals surface area (Å²) in [6, 6.07) is 13.8. The molecule has 128 valence electrons. The highest BCUT2D eigenvalue weighted by Crippen LogP contribution is 2.32. The van der Waals surface area contributed by atoms with E-state index in [9.17, 15) is 14.4 Å². The Morgan fingerprint density at radius 3 is 2.60 bits per heavy atom. The predicted octanol–water partition coefficient (Wildman–Crippen LogP) is 2.55. The van der Waals surface area contributed by atoms with Crippen LogP contribution in [0.15, 0.2) is 48.5 Å². The van der Waals surface area contributed by atoms with Crippen molar-refractivity contribution in [3.63, 3.8) is 0 Å². The molecule has 3 rings (SSSR count). The second-order valence-corrected chi connectivity index (χ2v) is 5.70. The summed E-state index contributed by atoms with van der Waals surface area (Å²) in [4.78, 5) is 35.5. The third-order valence-corrected chi connectivity index (χ3v) is 3.96. The molecule has 0 unspecified atom stereocenters. The molecule has 1 amide bonds. The van der Waals surface area contributed by atoms with E-state index in [0.29, 0.717) is 17.0 Å². The maximum absolute atomic E-state index is 12.2. The molecule has 1 heterocycles.